The van der Waals surface area contributed by atoms with Gasteiger partial charge < -0.3 is 4.90 Å². The number of hydrazone groups is 1. The Morgan fingerprint density at radius 3 is 2.42 bits per heavy atom. The van der Waals surface area contributed by atoms with Gasteiger partial charge in [0.15, 0.2) is 0 Å². The molecule has 24 heavy (non-hydrogen) atoms. The van der Waals surface area contributed by atoms with Gasteiger partial charge in [-0.25, -0.2) is 9.07 Å². The number of likely N-dealkylation sites (N-methyl/N-ethyl adjacent to an activating group) is 1. The summed E-state index contributed by atoms with van der Waals surface area (Å²) in [6.07, 6.45) is 0. The topological polar surface area (TPSA) is 56.6 Å². The molecule has 1 aromatic heterocycles. The van der Waals surface area contributed by atoms with Crippen molar-refractivity contribution in [3.8, 4) is 5.69 Å². The van der Waals surface area contributed by atoms with Crippen molar-refractivity contribution in [1.29, 1.82) is 0 Å². The molecule has 128 valence electrons. The molecule has 7 heteroatoms. The highest BCUT2D eigenvalue weighted by atomic mass is 19.1. The van der Waals surface area contributed by atoms with E-state index >= 15 is 0 Å². The summed E-state index contributed by atoms with van der Waals surface area (Å²) in [5.41, 5.74) is 2.44. The molecule has 1 aromatic carbocycles. The van der Waals surface area contributed by atoms with E-state index in [4.69, 9.17) is 0 Å². The summed E-state index contributed by atoms with van der Waals surface area (Å²) in [6, 6.07) is 5.82. The SMILES string of the molecule is CC(=NN1CCN(C)CC1)c1c(C)[nH]n(-c2ccc(F)cc2)c1=O. The quantitative estimate of drug-likeness (QED) is 0.869. The molecule has 0 aliphatic carbocycles. The van der Waals surface area contributed by atoms with Gasteiger partial charge in [-0.3, -0.25) is 14.9 Å². The van der Waals surface area contributed by atoms with Crippen LogP contribution in [0.4, 0.5) is 4.39 Å². The molecule has 0 atom stereocenters. The van der Waals surface area contributed by atoms with E-state index in [0.717, 1.165) is 31.9 Å². The first-order chi connectivity index (χ1) is 11.5. The highest BCUT2D eigenvalue weighted by molar-refractivity contribution is 5.99. The van der Waals surface area contributed by atoms with Crippen molar-refractivity contribution < 1.29 is 4.39 Å². The van der Waals surface area contributed by atoms with E-state index in [-0.39, 0.29) is 11.4 Å². The number of aromatic nitrogens is 2. The Kier molecular flexibility index (Phi) is 4.53. The molecule has 1 aliphatic heterocycles. The highest BCUT2D eigenvalue weighted by Crippen LogP contribution is 2.10. The first kappa shape index (κ1) is 16.4. The average molecular weight is 331 g/mol. The zero-order chi connectivity index (χ0) is 17.3. The molecule has 0 amide bonds. The molecule has 1 saturated heterocycles. The lowest BCUT2D eigenvalue weighted by molar-refractivity contribution is 0.159. The molecule has 2 aromatic rings. The Bertz CT molecular complexity index is 797. The predicted molar refractivity (Wildman–Crippen MR) is 92.4 cm³/mol. The summed E-state index contributed by atoms with van der Waals surface area (Å²) in [7, 11) is 2.09. The molecule has 2 heterocycles. The molecule has 1 N–H and O–H groups in total. The average Bonchev–Trinajstić information content (AvgIpc) is 2.85. The fourth-order valence-corrected chi connectivity index (χ4v) is 2.90. The van der Waals surface area contributed by atoms with Crippen LogP contribution in [-0.2, 0) is 0 Å². The number of rotatable bonds is 3. The van der Waals surface area contributed by atoms with Crippen LogP contribution in [0, 0.1) is 12.7 Å². The second-order valence-electron chi connectivity index (χ2n) is 6.17. The molecule has 0 saturated carbocycles. The van der Waals surface area contributed by atoms with Crippen molar-refractivity contribution in [2.75, 3.05) is 33.2 Å². The van der Waals surface area contributed by atoms with Gasteiger partial charge in [-0.15, -0.1) is 0 Å². The zero-order valence-corrected chi connectivity index (χ0v) is 14.2. The molecule has 1 aliphatic rings. The third-order valence-corrected chi connectivity index (χ3v) is 4.29. The third kappa shape index (κ3) is 3.26. The predicted octanol–water partition coefficient (Wildman–Crippen LogP) is 1.58. The Morgan fingerprint density at radius 1 is 1.17 bits per heavy atom. The Balaban J connectivity index is 1.91. The fourth-order valence-electron chi connectivity index (χ4n) is 2.90. The van der Waals surface area contributed by atoms with Crippen LogP contribution in [0.15, 0.2) is 34.2 Å². The Labute approximate surface area is 140 Å². The second kappa shape index (κ2) is 6.60. The van der Waals surface area contributed by atoms with Crippen molar-refractivity contribution in [2.24, 2.45) is 5.10 Å². The third-order valence-electron chi connectivity index (χ3n) is 4.29. The second-order valence-corrected chi connectivity index (χ2v) is 6.17. The summed E-state index contributed by atoms with van der Waals surface area (Å²) in [5.74, 6) is -0.330. The van der Waals surface area contributed by atoms with Gasteiger partial charge in [0, 0.05) is 31.9 Å². The minimum Gasteiger partial charge on any atom is -0.303 e. The Morgan fingerprint density at radius 2 is 1.79 bits per heavy atom. The zero-order valence-electron chi connectivity index (χ0n) is 14.2. The van der Waals surface area contributed by atoms with E-state index in [2.05, 4.69) is 22.1 Å². The molecule has 0 radical (unpaired) electrons. The number of benzene rings is 1. The van der Waals surface area contributed by atoms with Crippen molar-refractivity contribution in [2.45, 2.75) is 13.8 Å². The number of hydrogen-bond acceptors (Lipinski definition) is 4. The maximum absolute atomic E-state index is 13.1. The highest BCUT2D eigenvalue weighted by Gasteiger charge is 2.17. The maximum Gasteiger partial charge on any atom is 0.280 e. The van der Waals surface area contributed by atoms with Gasteiger partial charge in [0.1, 0.15) is 5.82 Å². The molecule has 0 spiro atoms. The number of halogens is 1. The standard InChI is InChI=1S/C17H22FN5O/c1-12(19-22-10-8-21(3)9-11-22)16-13(2)20-23(17(16)24)15-6-4-14(18)5-7-15/h4-7,20H,8-11H2,1-3H3. The molecule has 1 fully saturated rings. The normalized spacial score (nSPS) is 16.7. The number of aromatic amines is 1. The van der Waals surface area contributed by atoms with Crippen molar-refractivity contribution >= 4 is 5.71 Å². The van der Waals surface area contributed by atoms with Gasteiger partial charge in [0.25, 0.3) is 5.56 Å². The van der Waals surface area contributed by atoms with Gasteiger partial charge in [-0.2, -0.15) is 5.10 Å². The lowest BCUT2D eigenvalue weighted by Crippen LogP contribution is -2.42. The van der Waals surface area contributed by atoms with E-state index in [1.165, 1.54) is 16.8 Å². The van der Waals surface area contributed by atoms with Crippen molar-refractivity contribution in [3.05, 3.63) is 51.7 Å². The van der Waals surface area contributed by atoms with Crippen LogP contribution >= 0.6 is 0 Å². The monoisotopic (exact) mass is 331 g/mol. The smallest absolute Gasteiger partial charge is 0.280 e. The summed E-state index contributed by atoms with van der Waals surface area (Å²) < 4.78 is 14.5. The summed E-state index contributed by atoms with van der Waals surface area (Å²) in [4.78, 5) is 15.0. The van der Waals surface area contributed by atoms with Crippen LogP contribution in [0.1, 0.15) is 18.2 Å². The lowest BCUT2D eigenvalue weighted by Gasteiger charge is -2.30. The minimum absolute atomic E-state index is 0.172. The van der Waals surface area contributed by atoms with E-state index in [0.29, 0.717) is 17.0 Å². The molecular weight excluding hydrogens is 309 g/mol. The number of nitrogens with zero attached hydrogens (tertiary/aromatic N) is 4. The van der Waals surface area contributed by atoms with E-state index in [1.54, 1.807) is 12.1 Å². The van der Waals surface area contributed by atoms with E-state index in [9.17, 15) is 9.18 Å². The van der Waals surface area contributed by atoms with Crippen LogP contribution in [0.25, 0.3) is 5.69 Å². The van der Waals surface area contributed by atoms with Gasteiger partial charge >= 0.3 is 0 Å². The molecule has 0 bridgehead atoms. The van der Waals surface area contributed by atoms with Crippen LogP contribution in [-0.4, -0.2) is 58.6 Å². The van der Waals surface area contributed by atoms with E-state index < -0.39 is 0 Å². The van der Waals surface area contributed by atoms with Crippen LogP contribution < -0.4 is 5.56 Å². The molecule has 6 nitrogen and oxygen atoms in total. The van der Waals surface area contributed by atoms with Crippen molar-refractivity contribution in [3.63, 3.8) is 0 Å². The summed E-state index contributed by atoms with van der Waals surface area (Å²) >= 11 is 0. The molecule has 3 rings (SSSR count). The largest absolute Gasteiger partial charge is 0.303 e. The number of aryl methyl sites for hydroxylation is 1. The van der Waals surface area contributed by atoms with Gasteiger partial charge in [-0.1, -0.05) is 0 Å². The first-order valence-corrected chi connectivity index (χ1v) is 8.02. The summed E-state index contributed by atoms with van der Waals surface area (Å²) in [6.45, 7) is 7.32. The Hall–Kier alpha value is -2.41. The summed E-state index contributed by atoms with van der Waals surface area (Å²) in [5, 5.41) is 9.66. The number of H-pyrrole nitrogens is 1. The van der Waals surface area contributed by atoms with Crippen LogP contribution in [0.3, 0.4) is 0 Å². The van der Waals surface area contributed by atoms with Gasteiger partial charge in [0.2, 0.25) is 0 Å². The van der Waals surface area contributed by atoms with Crippen LogP contribution in [0.5, 0.6) is 0 Å². The van der Waals surface area contributed by atoms with Gasteiger partial charge in [-0.05, 0) is 45.2 Å². The van der Waals surface area contributed by atoms with Crippen molar-refractivity contribution in [1.82, 2.24) is 19.7 Å². The number of piperazine rings is 1. The number of nitrogens with one attached hydrogen (secondary N) is 1. The lowest BCUT2D eigenvalue weighted by atomic mass is 10.2. The first-order valence-electron chi connectivity index (χ1n) is 8.02. The maximum atomic E-state index is 13.1. The fraction of sp³-hybridized carbons (Fsp3) is 0.412. The number of hydrogen-bond donors (Lipinski definition) is 1. The minimum atomic E-state index is -0.330. The molecule has 0 unspecified atom stereocenters. The van der Waals surface area contributed by atoms with Gasteiger partial charge in [0.05, 0.1) is 17.0 Å². The van der Waals surface area contributed by atoms with Crippen LogP contribution in [0.2, 0.25) is 0 Å². The van der Waals surface area contributed by atoms with E-state index in [1.807, 2.05) is 18.9 Å². The molecular formula is C17H22FN5O.